The summed E-state index contributed by atoms with van der Waals surface area (Å²) in [4.78, 5) is 39.7. The van der Waals surface area contributed by atoms with E-state index in [0.29, 0.717) is 32.6 Å². The topological polar surface area (TPSA) is 77.9 Å². The number of hydrogen-bond donors (Lipinski definition) is 1. The number of nitrogens with zero attached hydrogens (tertiary/aromatic N) is 2. The molecule has 1 N–H and O–H groups in total. The minimum Gasteiger partial charge on any atom is -0.481 e. The molecule has 3 rings (SSSR count). The highest BCUT2D eigenvalue weighted by Crippen LogP contribution is 2.26. The molecule has 2 fully saturated rings. The van der Waals surface area contributed by atoms with E-state index in [0.717, 1.165) is 18.4 Å². The molecular formula is C21H28N2O4. The van der Waals surface area contributed by atoms with Gasteiger partial charge in [0.15, 0.2) is 0 Å². The summed E-state index contributed by atoms with van der Waals surface area (Å²) in [5.74, 6) is -0.726. The maximum Gasteiger partial charge on any atom is 0.303 e. The Balaban J connectivity index is 1.55. The average Bonchev–Trinajstić information content (AvgIpc) is 3.02. The van der Waals surface area contributed by atoms with E-state index >= 15 is 0 Å². The second-order valence-electron chi connectivity index (χ2n) is 7.89. The highest BCUT2D eigenvalue weighted by molar-refractivity contribution is 5.89. The molecule has 0 bridgehead atoms. The van der Waals surface area contributed by atoms with E-state index in [1.54, 1.807) is 4.90 Å². The molecule has 0 radical (unpaired) electrons. The zero-order valence-corrected chi connectivity index (χ0v) is 15.9. The van der Waals surface area contributed by atoms with E-state index in [4.69, 9.17) is 5.11 Å². The molecule has 2 saturated heterocycles. The maximum absolute atomic E-state index is 12.9. The van der Waals surface area contributed by atoms with E-state index in [-0.39, 0.29) is 36.5 Å². The van der Waals surface area contributed by atoms with Crippen molar-refractivity contribution in [2.75, 3.05) is 19.6 Å². The summed E-state index contributed by atoms with van der Waals surface area (Å²) in [6.45, 7) is 4.38. The Morgan fingerprint density at radius 2 is 1.93 bits per heavy atom. The zero-order valence-electron chi connectivity index (χ0n) is 15.9. The van der Waals surface area contributed by atoms with Crippen LogP contribution < -0.4 is 0 Å². The number of hydrogen-bond acceptors (Lipinski definition) is 3. The number of carboxylic acids is 1. The quantitative estimate of drug-likeness (QED) is 0.832. The predicted octanol–water partition coefficient (Wildman–Crippen LogP) is 2.45. The molecule has 2 heterocycles. The minimum atomic E-state index is -0.786. The highest BCUT2D eigenvalue weighted by atomic mass is 16.4. The number of carboxylic acid groups (broad SMARTS) is 1. The van der Waals surface area contributed by atoms with Gasteiger partial charge in [0.2, 0.25) is 11.8 Å². The van der Waals surface area contributed by atoms with Gasteiger partial charge in [-0.15, -0.1) is 0 Å². The average molecular weight is 372 g/mol. The molecule has 2 aliphatic heterocycles. The molecule has 2 aliphatic rings. The van der Waals surface area contributed by atoms with Gasteiger partial charge in [-0.3, -0.25) is 14.4 Å². The SMILES string of the molecule is Cc1ccc(CN2C[C@@H](C(=O)N3CCC[C@@H](CCC(=O)O)C3)CC2=O)cc1. The molecule has 27 heavy (non-hydrogen) atoms. The van der Waals surface area contributed by atoms with E-state index in [9.17, 15) is 14.4 Å². The summed E-state index contributed by atoms with van der Waals surface area (Å²) >= 11 is 0. The number of aliphatic carboxylic acids is 1. The van der Waals surface area contributed by atoms with Crippen LogP contribution in [0.25, 0.3) is 0 Å². The van der Waals surface area contributed by atoms with Crippen LogP contribution in [0.4, 0.5) is 0 Å². The lowest BCUT2D eigenvalue weighted by molar-refractivity contribution is -0.138. The monoisotopic (exact) mass is 372 g/mol. The van der Waals surface area contributed by atoms with Crippen LogP contribution in [0.5, 0.6) is 0 Å². The van der Waals surface area contributed by atoms with Gasteiger partial charge in [-0.1, -0.05) is 29.8 Å². The molecule has 6 nitrogen and oxygen atoms in total. The molecule has 1 aromatic carbocycles. The van der Waals surface area contributed by atoms with Gasteiger partial charge in [-0.2, -0.15) is 0 Å². The normalized spacial score (nSPS) is 22.9. The minimum absolute atomic E-state index is 0.0355. The fraction of sp³-hybridized carbons (Fsp3) is 0.571. The van der Waals surface area contributed by atoms with Crippen LogP contribution in [0.15, 0.2) is 24.3 Å². The van der Waals surface area contributed by atoms with Crippen molar-refractivity contribution < 1.29 is 19.5 Å². The third-order valence-corrected chi connectivity index (χ3v) is 5.65. The first-order valence-corrected chi connectivity index (χ1v) is 9.76. The van der Waals surface area contributed by atoms with Gasteiger partial charge in [0.1, 0.15) is 0 Å². The van der Waals surface area contributed by atoms with Gasteiger partial charge in [0.25, 0.3) is 0 Å². The summed E-state index contributed by atoms with van der Waals surface area (Å²) < 4.78 is 0. The number of rotatable bonds is 6. The fourth-order valence-electron chi connectivity index (χ4n) is 4.09. The van der Waals surface area contributed by atoms with Crippen LogP contribution in [0, 0.1) is 18.8 Å². The number of aryl methyl sites for hydroxylation is 1. The smallest absolute Gasteiger partial charge is 0.303 e. The molecule has 0 saturated carbocycles. The Morgan fingerprint density at radius 1 is 1.19 bits per heavy atom. The van der Waals surface area contributed by atoms with Gasteiger partial charge in [-0.25, -0.2) is 0 Å². The van der Waals surface area contributed by atoms with Crippen LogP contribution in [-0.2, 0) is 20.9 Å². The van der Waals surface area contributed by atoms with Gasteiger partial charge in [-0.05, 0) is 37.7 Å². The summed E-state index contributed by atoms with van der Waals surface area (Å²) in [7, 11) is 0. The zero-order chi connectivity index (χ0) is 19.4. The van der Waals surface area contributed by atoms with E-state index in [2.05, 4.69) is 0 Å². The van der Waals surface area contributed by atoms with E-state index in [1.165, 1.54) is 5.56 Å². The van der Waals surface area contributed by atoms with E-state index < -0.39 is 5.97 Å². The van der Waals surface area contributed by atoms with Crippen LogP contribution in [0.2, 0.25) is 0 Å². The molecule has 2 amide bonds. The first kappa shape index (κ1) is 19.4. The summed E-state index contributed by atoms with van der Waals surface area (Å²) in [5, 5.41) is 8.86. The number of likely N-dealkylation sites (tertiary alicyclic amines) is 2. The number of carbonyl (C=O) groups is 3. The molecule has 0 spiro atoms. The Bertz CT molecular complexity index is 701. The molecule has 146 valence electrons. The van der Waals surface area contributed by atoms with Crippen molar-refractivity contribution >= 4 is 17.8 Å². The Kier molecular flexibility index (Phi) is 6.14. The summed E-state index contributed by atoms with van der Waals surface area (Å²) in [6, 6.07) is 8.11. The standard InChI is InChI=1S/C21H28N2O4/c1-15-4-6-17(7-5-15)13-23-14-18(11-19(23)24)21(27)22-10-2-3-16(12-22)8-9-20(25)26/h4-7,16,18H,2-3,8-14H2,1H3,(H,25,26)/t16-,18-/m0/s1. The van der Waals surface area contributed by atoms with Crippen molar-refractivity contribution in [1.82, 2.24) is 9.80 Å². The molecule has 1 aromatic rings. The van der Waals surface area contributed by atoms with Crippen molar-refractivity contribution in [3.8, 4) is 0 Å². The molecular weight excluding hydrogens is 344 g/mol. The highest BCUT2D eigenvalue weighted by Gasteiger charge is 2.37. The second kappa shape index (κ2) is 8.55. The lowest BCUT2D eigenvalue weighted by Crippen LogP contribution is -2.43. The number of amides is 2. The lowest BCUT2D eigenvalue weighted by atomic mass is 9.92. The largest absolute Gasteiger partial charge is 0.481 e. The van der Waals surface area contributed by atoms with Crippen molar-refractivity contribution in [3.63, 3.8) is 0 Å². The van der Waals surface area contributed by atoms with E-state index in [1.807, 2.05) is 36.1 Å². The Labute approximate surface area is 160 Å². The van der Waals surface area contributed by atoms with Gasteiger partial charge >= 0.3 is 5.97 Å². The predicted molar refractivity (Wildman–Crippen MR) is 101 cm³/mol. The van der Waals surface area contributed by atoms with Gasteiger partial charge in [0.05, 0.1) is 5.92 Å². The first-order chi connectivity index (χ1) is 12.9. The molecule has 0 aliphatic carbocycles. The fourth-order valence-corrected chi connectivity index (χ4v) is 4.09. The van der Waals surface area contributed by atoms with Crippen molar-refractivity contribution in [2.45, 2.75) is 45.6 Å². The first-order valence-electron chi connectivity index (χ1n) is 9.76. The molecule has 2 atom stereocenters. The molecule has 0 unspecified atom stereocenters. The molecule has 0 aromatic heterocycles. The van der Waals surface area contributed by atoms with Crippen LogP contribution in [0.1, 0.15) is 43.2 Å². The molecule has 6 heteroatoms. The Hall–Kier alpha value is -2.37. The van der Waals surface area contributed by atoms with Crippen molar-refractivity contribution in [2.24, 2.45) is 11.8 Å². The summed E-state index contributed by atoms with van der Waals surface area (Å²) in [5.41, 5.74) is 2.26. The van der Waals surface area contributed by atoms with Crippen molar-refractivity contribution in [3.05, 3.63) is 35.4 Å². The summed E-state index contributed by atoms with van der Waals surface area (Å²) in [6.07, 6.45) is 2.92. The number of benzene rings is 1. The van der Waals surface area contributed by atoms with Crippen LogP contribution in [-0.4, -0.2) is 52.3 Å². The maximum atomic E-state index is 12.9. The number of piperidine rings is 1. The van der Waals surface area contributed by atoms with Crippen LogP contribution in [0.3, 0.4) is 0 Å². The third kappa shape index (κ3) is 5.08. The van der Waals surface area contributed by atoms with Crippen molar-refractivity contribution in [1.29, 1.82) is 0 Å². The Morgan fingerprint density at radius 3 is 2.63 bits per heavy atom. The number of carbonyl (C=O) groups excluding carboxylic acids is 2. The van der Waals surface area contributed by atoms with Gasteiger partial charge < -0.3 is 14.9 Å². The third-order valence-electron chi connectivity index (χ3n) is 5.65. The lowest BCUT2D eigenvalue weighted by Gasteiger charge is -2.34. The second-order valence-corrected chi connectivity index (χ2v) is 7.89. The van der Waals surface area contributed by atoms with Gasteiger partial charge in [0, 0.05) is 39.0 Å². The van der Waals surface area contributed by atoms with Crippen LogP contribution >= 0.6 is 0 Å².